The predicted octanol–water partition coefficient (Wildman–Crippen LogP) is 4.57. The van der Waals surface area contributed by atoms with Gasteiger partial charge in [0.15, 0.2) is 5.76 Å². The van der Waals surface area contributed by atoms with Gasteiger partial charge in [0.2, 0.25) is 0 Å². The van der Waals surface area contributed by atoms with E-state index < -0.39 is 23.8 Å². The fraction of sp³-hybridized carbons (Fsp3) is 0.273. The van der Waals surface area contributed by atoms with Crippen LogP contribution >= 0.6 is 0 Å². The molecule has 1 fully saturated rings. The van der Waals surface area contributed by atoms with Gasteiger partial charge in [0, 0.05) is 31.0 Å². The number of benzene rings is 1. The molecule has 2 N–H and O–H groups in total. The lowest BCUT2D eigenvalue weighted by molar-refractivity contribution is -0.137. The molecule has 1 aliphatic rings. The second kappa shape index (κ2) is 8.43. The third-order valence-electron chi connectivity index (χ3n) is 5.17. The van der Waals surface area contributed by atoms with E-state index >= 15 is 0 Å². The summed E-state index contributed by atoms with van der Waals surface area (Å²) in [5.41, 5.74) is 0.369. The zero-order valence-electron chi connectivity index (χ0n) is 16.4. The highest BCUT2D eigenvalue weighted by atomic mass is 19.4. The summed E-state index contributed by atoms with van der Waals surface area (Å²) in [7, 11) is 0. The van der Waals surface area contributed by atoms with Crippen molar-refractivity contribution in [3.05, 3.63) is 66.2 Å². The lowest BCUT2D eigenvalue weighted by Gasteiger charge is -2.33. The Morgan fingerprint density at radius 1 is 1.10 bits per heavy atom. The molecule has 0 bridgehead atoms. The molecule has 9 heteroatoms. The second-order valence-electron chi connectivity index (χ2n) is 7.30. The second-order valence-corrected chi connectivity index (χ2v) is 7.30. The minimum absolute atomic E-state index is 0.0239. The van der Waals surface area contributed by atoms with Crippen LogP contribution in [0.1, 0.15) is 29.0 Å². The first kappa shape index (κ1) is 20.9. The van der Waals surface area contributed by atoms with Gasteiger partial charge in [-0.2, -0.15) is 13.2 Å². The number of hydrogen-bond acceptors (Lipinski definition) is 5. The van der Waals surface area contributed by atoms with E-state index in [4.69, 9.17) is 4.42 Å². The third-order valence-corrected chi connectivity index (χ3v) is 5.17. The number of rotatable bonds is 4. The molecule has 162 valence electrons. The zero-order valence-corrected chi connectivity index (χ0v) is 16.4. The molecule has 1 aliphatic heterocycles. The summed E-state index contributed by atoms with van der Waals surface area (Å²) in [5.74, 6) is -0.232. The molecule has 1 saturated heterocycles. The highest BCUT2D eigenvalue weighted by Gasteiger charge is 2.32. The number of aromatic nitrogens is 1. The van der Waals surface area contributed by atoms with Gasteiger partial charge >= 0.3 is 6.18 Å². The Morgan fingerprint density at radius 3 is 2.48 bits per heavy atom. The fourth-order valence-electron chi connectivity index (χ4n) is 3.51. The molecule has 0 atom stereocenters. The quantitative estimate of drug-likeness (QED) is 0.633. The van der Waals surface area contributed by atoms with Crippen molar-refractivity contribution in [1.29, 1.82) is 0 Å². The Hall–Kier alpha value is -3.33. The van der Waals surface area contributed by atoms with Crippen molar-refractivity contribution >= 4 is 17.3 Å². The molecule has 1 aromatic carbocycles. The van der Waals surface area contributed by atoms with Crippen LogP contribution < -0.4 is 10.2 Å². The first-order valence-electron chi connectivity index (χ1n) is 9.77. The molecule has 0 radical (unpaired) electrons. The van der Waals surface area contributed by atoms with Crippen LogP contribution in [0.5, 0.6) is 0 Å². The number of halogens is 3. The Kier molecular flexibility index (Phi) is 5.69. The molecular formula is C22H20F3N3O3. The standard InChI is InChI=1S/C22H20F3N3O3/c23-22(24,25)15-1-2-18(28-11-7-16(29)8-12-28)17(13-15)27-21(30)20-4-3-19(31-20)14-5-9-26-10-6-14/h1-6,9-10,13,16,29H,7-8,11-12H2,(H,27,30). The van der Waals surface area contributed by atoms with Crippen LogP contribution in [-0.2, 0) is 6.18 Å². The van der Waals surface area contributed by atoms with Gasteiger partial charge in [0.1, 0.15) is 5.76 Å². The molecule has 3 heterocycles. The summed E-state index contributed by atoms with van der Waals surface area (Å²) >= 11 is 0. The summed E-state index contributed by atoms with van der Waals surface area (Å²) in [5, 5.41) is 12.3. The topological polar surface area (TPSA) is 78.6 Å². The van der Waals surface area contributed by atoms with Crippen molar-refractivity contribution in [2.45, 2.75) is 25.1 Å². The Balaban J connectivity index is 1.61. The van der Waals surface area contributed by atoms with Gasteiger partial charge in [0.25, 0.3) is 5.91 Å². The molecule has 6 nitrogen and oxygen atoms in total. The van der Waals surface area contributed by atoms with Gasteiger partial charge in [-0.05, 0) is 55.3 Å². The summed E-state index contributed by atoms with van der Waals surface area (Å²) in [6.45, 7) is 0.949. The first-order chi connectivity index (χ1) is 14.8. The number of hydrogen-bond donors (Lipinski definition) is 2. The van der Waals surface area contributed by atoms with E-state index in [1.165, 1.54) is 12.1 Å². The number of amides is 1. The van der Waals surface area contributed by atoms with Crippen molar-refractivity contribution in [1.82, 2.24) is 4.98 Å². The number of aliphatic hydroxyl groups is 1. The minimum atomic E-state index is -4.55. The Labute approximate surface area is 176 Å². The van der Waals surface area contributed by atoms with Crippen molar-refractivity contribution < 1.29 is 27.5 Å². The maximum Gasteiger partial charge on any atom is 0.416 e. The molecular weight excluding hydrogens is 411 g/mol. The van der Waals surface area contributed by atoms with Crippen LogP contribution in [0.2, 0.25) is 0 Å². The van der Waals surface area contributed by atoms with E-state index in [-0.39, 0.29) is 11.4 Å². The van der Waals surface area contributed by atoms with Gasteiger partial charge in [-0.1, -0.05) is 0 Å². The molecule has 1 amide bonds. The highest BCUT2D eigenvalue weighted by Crippen LogP contribution is 2.36. The third kappa shape index (κ3) is 4.72. The normalized spacial score (nSPS) is 15.2. The molecule has 0 spiro atoms. The van der Waals surface area contributed by atoms with Crippen LogP contribution in [0, 0.1) is 0 Å². The average molecular weight is 431 g/mol. The number of piperidine rings is 1. The van der Waals surface area contributed by atoms with E-state index in [0.29, 0.717) is 37.4 Å². The van der Waals surface area contributed by atoms with Gasteiger partial charge in [0.05, 0.1) is 23.0 Å². The van der Waals surface area contributed by atoms with Crippen LogP contribution in [0.25, 0.3) is 11.3 Å². The molecule has 4 rings (SSSR count). The SMILES string of the molecule is O=C(Nc1cc(C(F)(F)F)ccc1N1CCC(O)CC1)c1ccc(-c2ccncc2)o1. The van der Waals surface area contributed by atoms with Gasteiger partial charge in [-0.25, -0.2) is 0 Å². The van der Waals surface area contributed by atoms with E-state index in [0.717, 1.165) is 17.7 Å². The number of nitrogens with one attached hydrogen (secondary N) is 1. The van der Waals surface area contributed by atoms with Crippen LogP contribution in [0.3, 0.4) is 0 Å². The van der Waals surface area contributed by atoms with E-state index in [1.807, 2.05) is 4.90 Å². The molecule has 0 unspecified atom stereocenters. The highest BCUT2D eigenvalue weighted by molar-refractivity contribution is 6.04. The minimum Gasteiger partial charge on any atom is -0.451 e. The maximum absolute atomic E-state index is 13.3. The fourth-order valence-corrected chi connectivity index (χ4v) is 3.51. The first-order valence-corrected chi connectivity index (χ1v) is 9.77. The zero-order chi connectivity index (χ0) is 22.0. The van der Waals surface area contributed by atoms with Gasteiger partial charge < -0.3 is 19.7 Å². The van der Waals surface area contributed by atoms with Gasteiger partial charge in [-0.15, -0.1) is 0 Å². The van der Waals surface area contributed by atoms with Crippen LogP contribution in [0.4, 0.5) is 24.5 Å². The number of pyridine rings is 1. The summed E-state index contributed by atoms with van der Waals surface area (Å²) in [6.07, 6.45) is -0.804. The van der Waals surface area contributed by atoms with E-state index in [1.54, 1.807) is 30.6 Å². The summed E-state index contributed by atoms with van der Waals surface area (Å²) in [6, 6.07) is 9.78. The Morgan fingerprint density at radius 2 is 1.81 bits per heavy atom. The number of alkyl halides is 3. The van der Waals surface area contributed by atoms with Crippen LogP contribution in [-0.4, -0.2) is 35.2 Å². The maximum atomic E-state index is 13.3. The van der Waals surface area contributed by atoms with Crippen molar-refractivity contribution in [3.8, 4) is 11.3 Å². The van der Waals surface area contributed by atoms with Gasteiger partial charge in [-0.3, -0.25) is 9.78 Å². The van der Waals surface area contributed by atoms with E-state index in [2.05, 4.69) is 10.3 Å². The number of anilines is 2. The number of nitrogens with zero attached hydrogens (tertiary/aromatic N) is 2. The molecule has 0 aliphatic carbocycles. The average Bonchev–Trinajstić information content (AvgIpc) is 3.25. The summed E-state index contributed by atoms with van der Waals surface area (Å²) < 4.78 is 45.4. The number of carbonyl (C=O) groups is 1. The molecule has 2 aromatic heterocycles. The number of carbonyl (C=O) groups excluding carboxylic acids is 1. The molecule has 31 heavy (non-hydrogen) atoms. The largest absolute Gasteiger partial charge is 0.451 e. The van der Waals surface area contributed by atoms with Crippen molar-refractivity contribution in [3.63, 3.8) is 0 Å². The molecule has 3 aromatic rings. The smallest absolute Gasteiger partial charge is 0.416 e. The number of aliphatic hydroxyl groups excluding tert-OH is 1. The van der Waals surface area contributed by atoms with Crippen LogP contribution in [0.15, 0.2) is 59.3 Å². The van der Waals surface area contributed by atoms with Crippen molar-refractivity contribution in [2.75, 3.05) is 23.3 Å². The lowest BCUT2D eigenvalue weighted by atomic mass is 10.1. The number of furan rings is 1. The Bertz CT molecular complexity index is 1060. The van der Waals surface area contributed by atoms with E-state index in [9.17, 15) is 23.1 Å². The predicted molar refractivity (Wildman–Crippen MR) is 109 cm³/mol. The van der Waals surface area contributed by atoms with Crippen molar-refractivity contribution in [2.24, 2.45) is 0 Å². The monoisotopic (exact) mass is 431 g/mol. The summed E-state index contributed by atoms with van der Waals surface area (Å²) in [4.78, 5) is 18.5. The molecule has 0 saturated carbocycles. The lowest BCUT2D eigenvalue weighted by Crippen LogP contribution is -2.36.